The van der Waals surface area contributed by atoms with E-state index in [2.05, 4.69) is 10.3 Å². The summed E-state index contributed by atoms with van der Waals surface area (Å²) in [7, 11) is 1.54. The second-order valence-corrected chi connectivity index (χ2v) is 7.20. The number of likely N-dealkylation sites (tertiary alicyclic amines) is 1. The van der Waals surface area contributed by atoms with Crippen molar-refractivity contribution in [2.45, 2.75) is 31.5 Å². The van der Waals surface area contributed by atoms with Crippen molar-refractivity contribution >= 4 is 23.5 Å². The maximum atomic E-state index is 12.9. The number of ether oxygens (including phenoxy) is 1. The van der Waals surface area contributed by atoms with Crippen LogP contribution in [0.15, 0.2) is 17.1 Å². The second kappa shape index (κ2) is 6.73. The Morgan fingerprint density at radius 3 is 2.74 bits per heavy atom. The molecular weight excluding hydrogens is 348 g/mol. The zero-order chi connectivity index (χ0) is 19.1. The molecule has 0 radical (unpaired) electrons. The van der Waals surface area contributed by atoms with Crippen molar-refractivity contribution in [2.24, 2.45) is 16.5 Å². The van der Waals surface area contributed by atoms with E-state index in [-0.39, 0.29) is 29.9 Å². The zero-order valence-electron chi connectivity index (χ0n) is 15.3. The highest BCUT2D eigenvalue weighted by Gasteiger charge is 2.42. The van der Waals surface area contributed by atoms with Crippen LogP contribution in [0.5, 0.6) is 5.75 Å². The first kappa shape index (κ1) is 17.6. The van der Waals surface area contributed by atoms with E-state index in [1.165, 1.54) is 7.11 Å². The van der Waals surface area contributed by atoms with E-state index in [4.69, 9.17) is 16.2 Å². The number of hydrogen-bond acceptors (Lipinski definition) is 5. The first-order valence-electron chi connectivity index (χ1n) is 9.11. The van der Waals surface area contributed by atoms with Crippen LogP contribution >= 0.6 is 0 Å². The lowest BCUT2D eigenvalue weighted by Crippen LogP contribution is -2.63. The molecule has 3 aliphatic heterocycles. The summed E-state index contributed by atoms with van der Waals surface area (Å²) in [4.78, 5) is 33.0. The molecule has 0 aromatic heterocycles. The Kier molecular flexibility index (Phi) is 4.39. The summed E-state index contributed by atoms with van der Waals surface area (Å²) in [6, 6.07) is 3.44. The van der Waals surface area contributed by atoms with Crippen LogP contribution in [0, 0.1) is 0 Å². The van der Waals surface area contributed by atoms with Gasteiger partial charge in [-0.15, -0.1) is 0 Å². The lowest BCUT2D eigenvalue weighted by atomic mass is 10.0. The predicted molar refractivity (Wildman–Crippen MR) is 99.7 cm³/mol. The summed E-state index contributed by atoms with van der Waals surface area (Å²) in [5.74, 6) is 0.513. The molecule has 0 saturated carbocycles. The number of carbonyl (C=O) groups excluding carboxylic acids is 2. The van der Waals surface area contributed by atoms with Crippen molar-refractivity contribution < 1.29 is 14.3 Å². The van der Waals surface area contributed by atoms with Crippen molar-refractivity contribution in [2.75, 3.05) is 26.7 Å². The molecule has 1 aromatic rings. The fourth-order valence-electron chi connectivity index (χ4n) is 3.98. The highest BCUT2D eigenvalue weighted by Crippen LogP contribution is 2.37. The van der Waals surface area contributed by atoms with Crippen molar-refractivity contribution in [3.63, 3.8) is 0 Å². The average Bonchev–Trinajstić information content (AvgIpc) is 3.22. The molecule has 0 bridgehead atoms. The molecule has 1 aromatic carbocycles. The first-order chi connectivity index (χ1) is 13.0. The Hall–Kier alpha value is -2.81. The normalized spacial score (nSPS) is 21.8. The summed E-state index contributed by atoms with van der Waals surface area (Å²) in [5, 5.41) is 3.23. The van der Waals surface area contributed by atoms with Gasteiger partial charge in [0, 0.05) is 25.2 Å². The van der Waals surface area contributed by atoms with Gasteiger partial charge in [-0.05, 0) is 37.1 Å². The molecule has 9 heteroatoms. The van der Waals surface area contributed by atoms with Gasteiger partial charge in [0.15, 0.2) is 5.96 Å². The van der Waals surface area contributed by atoms with Crippen LogP contribution in [0.4, 0.5) is 5.69 Å². The van der Waals surface area contributed by atoms with E-state index < -0.39 is 0 Å². The van der Waals surface area contributed by atoms with Gasteiger partial charge < -0.3 is 31.3 Å². The van der Waals surface area contributed by atoms with Crippen LogP contribution in [0.2, 0.25) is 0 Å². The Labute approximate surface area is 157 Å². The van der Waals surface area contributed by atoms with Crippen LogP contribution in [0.1, 0.15) is 28.8 Å². The number of fused-ring (bicyclic) bond motifs is 1. The number of rotatable bonds is 4. The highest BCUT2D eigenvalue weighted by atomic mass is 16.5. The largest absolute Gasteiger partial charge is 0.494 e. The molecular formula is C18H24N6O3. The number of benzene rings is 1. The third-order valence-corrected chi connectivity index (χ3v) is 5.46. The van der Waals surface area contributed by atoms with Gasteiger partial charge in [0.25, 0.3) is 5.91 Å². The van der Waals surface area contributed by atoms with Crippen molar-refractivity contribution in [3.8, 4) is 5.75 Å². The summed E-state index contributed by atoms with van der Waals surface area (Å²) in [6.45, 7) is 2.55. The Balaban J connectivity index is 1.46. The minimum atomic E-state index is -0.0933. The Morgan fingerprint density at radius 2 is 2.11 bits per heavy atom. The van der Waals surface area contributed by atoms with Crippen LogP contribution in [0.25, 0.3) is 0 Å². The standard InChI is InChI=1S/C18H24N6O3/c1-27-15-5-10-7-24(16(25)12(10)6-14(15)22-18(19)20)11-8-23(9-11)17(26)13-3-2-4-21-13/h5-6,11,13,21H,2-4,7-9H2,1H3,(H4,19,20,22)/t13-/m0/s1. The molecule has 0 spiro atoms. The highest BCUT2D eigenvalue weighted by molar-refractivity contribution is 6.00. The Morgan fingerprint density at radius 1 is 1.33 bits per heavy atom. The number of nitrogens with one attached hydrogen (secondary N) is 1. The van der Waals surface area contributed by atoms with Gasteiger partial charge in [-0.25, -0.2) is 4.99 Å². The molecule has 2 amide bonds. The van der Waals surface area contributed by atoms with Gasteiger partial charge in [-0.2, -0.15) is 0 Å². The molecule has 2 saturated heterocycles. The smallest absolute Gasteiger partial charge is 0.254 e. The molecule has 1 atom stereocenters. The molecule has 4 rings (SSSR count). The molecule has 144 valence electrons. The quantitative estimate of drug-likeness (QED) is 0.484. The van der Waals surface area contributed by atoms with Crippen molar-refractivity contribution in [3.05, 3.63) is 23.3 Å². The third-order valence-electron chi connectivity index (χ3n) is 5.46. The van der Waals surface area contributed by atoms with Crippen LogP contribution in [-0.4, -0.2) is 66.4 Å². The third kappa shape index (κ3) is 3.08. The molecule has 27 heavy (non-hydrogen) atoms. The SMILES string of the molecule is COc1cc2c(cc1N=C(N)N)C(=O)N(C1CN(C(=O)[C@@H]3CCCN3)C1)C2. The van der Waals surface area contributed by atoms with E-state index in [0.29, 0.717) is 36.6 Å². The molecule has 5 N–H and O–H groups in total. The van der Waals surface area contributed by atoms with Gasteiger partial charge in [0.1, 0.15) is 11.4 Å². The molecule has 3 aliphatic rings. The van der Waals surface area contributed by atoms with Crippen LogP contribution in [-0.2, 0) is 11.3 Å². The maximum absolute atomic E-state index is 12.9. The lowest BCUT2D eigenvalue weighted by Gasteiger charge is -2.44. The topological polar surface area (TPSA) is 126 Å². The van der Waals surface area contributed by atoms with Gasteiger partial charge in [0.05, 0.1) is 19.2 Å². The van der Waals surface area contributed by atoms with E-state index in [9.17, 15) is 9.59 Å². The number of aliphatic imine (C=N–C) groups is 1. The number of guanidine groups is 1. The molecule has 9 nitrogen and oxygen atoms in total. The van der Waals surface area contributed by atoms with E-state index in [1.54, 1.807) is 12.1 Å². The van der Waals surface area contributed by atoms with Gasteiger partial charge in [-0.1, -0.05) is 0 Å². The van der Waals surface area contributed by atoms with E-state index >= 15 is 0 Å². The number of carbonyl (C=O) groups is 2. The van der Waals surface area contributed by atoms with Crippen LogP contribution in [0.3, 0.4) is 0 Å². The first-order valence-corrected chi connectivity index (χ1v) is 9.11. The Bertz CT molecular complexity index is 808. The maximum Gasteiger partial charge on any atom is 0.254 e. The summed E-state index contributed by atoms with van der Waals surface area (Å²) in [5.41, 5.74) is 12.8. The minimum absolute atomic E-state index is 0.0350. The zero-order valence-corrected chi connectivity index (χ0v) is 15.3. The fraction of sp³-hybridized carbons (Fsp3) is 0.500. The number of hydrogen-bond donors (Lipinski definition) is 3. The number of nitrogens with two attached hydrogens (primary N) is 2. The van der Waals surface area contributed by atoms with Crippen LogP contribution < -0.4 is 21.5 Å². The molecule has 3 heterocycles. The van der Waals surface area contributed by atoms with Gasteiger partial charge in [-0.3, -0.25) is 9.59 Å². The fourth-order valence-corrected chi connectivity index (χ4v) is 3.98. The average molecular weight is 372 g/mol. The number of methoxy groups -OCH3 is 1. The van der Waals surface area contributed by atoms with Crippen molar-refractivity contribution in [1.29, 1.82) is 0 Å². The molecule has 0 aliphatic carbocycles. The lowest BCUT2D eigenvalue weighted by molar-refractivity contribution is -0.139. The van der Waals surface area contributed by atoms with E-state index in [0.717, 1.165) is 24.9 Å². The summed E-state index contributed by atoms with van der Waals surface area (Å²) < 4.78 is 5.34. The molecule has 0 unspecified atom stereocenters. The number of nitrogens with zero attached hydrogens (tertiary/aromatic N) is 3. The van der Waals surface area contributed by atoms with E-state index in [1.807, 2.05) is 9.80 Å². The van der Waals surface area contributed by atoms with Gasteiger partial charge >= 0.3 is 0 Å². The summed E-state index contributed by atoms with van der Waals surface area (Å²) in [6.07, 6.45) is 1.93. The summed E-state index contributed by atoms with van der Waals surface area (Å²) >= 11 is 0. The van der Waals surface area contributed by atoms with Crippen molar-refractivity contribution in [1.82, 2.24) is 15.1 Å². The predicted octanol–water partition coefficient (Wildman–Crippen LogP) is -0.481. The minimum Gasteiger partial charge on any atom is -0.494 e. The monoisotopic (exact) mass is 372 g/mol. The number of amides is 2. The second-order valence-electron chi connectivity index (χ2n) is 7.20. The molecule has 2 fully saturated rings. The van der Waals surface area contributed by atoms with Gasteiger partial charge in [0.2, 0.25) is 5.91 Å².